The van der Waals surface area contributed by atoms with Gasteiger partial charge in [0.15, 0.2) is 0 Å². The van der Waals surface area contributed by atoms with E-state index in [0.717, 1.165) is 30.3 Å². The first-order valence-corrected chi connectivity index (χ1v) is 8.23. The Hall–Kier alpha value is -2.43. The molecule has 0 aliphatic heterocycles. The van der Waals surface area contributed by atoms with Gasteiger partial charge >= 0.3 is 0 Å². The molecule has 1 aromatic heterocycles. The maximum Gasteiger partial charge on any atom is 0.110 e. The van der Waals surface area contributed by atoms with Crippen molar-refractivity contribution in [2.24, 2.45) is 0 Å². The van der Waals surface area contributed by atoms with Gasteiger partial charge < -0.3 is 5.11 Å². The summed E-state index contributed by atoms with van der Waals surface area (Å²) in [6.45, 7) is 4.34. The largest absolute Gasteiger partial charge is 0.395 e. The Bertz CT molecular complexity index is 753. The summed E-state index contributed by atoms with van der Waals surface area (Å²) in [5, 5.41) is 9.42. The van der Waals surface area contributed by atoms with Crippen LogP contribution >= 0.6 is 0 Å². The molecule has 0 fully saturated rings. The highest BCUT2D eigenvalue weighted by Crippen LogP contribution is 2.17. The zero-order valence-corrected chi connectivity index (χ0v) is 14.0. The molecule has 0 amide bonds. The molecule has 24 heavy (non-hydrogen) atoms. The molecular formula is C20H23N3O. The zero-order valence-electron chi connectivity index (χ0n) is 14.0. The van der Waals surface area contributed by atoms with Crippen molar-refractivity contribution in [3.05, 3.63) is 83.9 Å². The second-order valence-electron chi connectivity index (χ2n) is 5.89. The first-order valence-electron chi connectivity index (χ1n) is 8.23. The lowest BCUT2D eigenvalue weighted by molar-refractivity contribution is 0.182. The van der Waals surface area contributed by atoms with Crippen LogP contribution in [-0.2, 0) is 13.1 Å². The Morgan fingerprint density at radius 2 is 1.62 bits per heavy atom. The van der Waals surface area contributed by atoms with E-state index in [1.54, 1.807) is 0 Å². The maximum atomic E-state index is 9.42. The number of benzene rings is 2. The second-order valence-corrected chi connectivity index (χ2v) is 5.89. The number of hydrogen-bond donors (Lipinski definition) is 1. The van der Waals surface area contributed by atoms with Crippen LogP contribution in [0.25, 0.3) is 5.69 Å². The molecule has 0 aliphatic carbocycles. The maximum absolute atomic E-state index is 9.42. The SMILES string of the molecule is Cc1ncc(CN(CCO)Cc2ccccc2)n1-c1ccccc1. The first-order chi connectivity index (χ1) is 11.8. The number of aryl methyl sites for hydroxylation is 1. The van der Waals surface area contributed by atoms with Gasteiger partial charge in [-0.05, 0) is 24.6 Å². The van der Waals surface area contributed by atoms with Crippen LogP contribution in [0.2, 0.25) is 0 Å². The monoisotopic (exact) mass is 321 g/mol. The molecule has 0 radical (unpaired) electrons. The van der Waals surface area contributed by atoms with Gasteiger partial charge in [-0.2, -0.15) is 0 Å². The second kappa shape index (κ2) is 7.90. The Labute approximate surface area is 143 Å². The van der Waals surface area contributed by atoms with E-state index in [4.69, 9.17) is 0 Å². The average Bonchev–Trinajstić information content (AvgIpc) is 2.97. The summed E-state index contributed by atoms with van der Waals surface area (Å²) in [5.74, 6) is 0.972. The quantitative estimate of drug-likeness (QED) is 0.727. The summed E-state index contributed by atoms with van der Waals surface area (Å²) in [6.07, 6.45) is 1.93. The van der Waals surface area contributed by atoms with Crippen molar-refractivity contribution in [1.82, 2.24) is 14.5 Å². The fourth-order valence-corrected chi connectivity index (χ4v) is 2.96. The molecule has 0 bridgehead atoms. The van der Waals surface area contributed by atoms with Crippen LogP contribution in [0.4, 0.5) is 0 Å². The van der Waals surface area contributed by atoms with Crippen molar-refractivity contribution < 1.29 is 5.11 Å². The Balaban J connectivity index is 1.83. The van der Waals surface area contributed by atoms with Crippen molar-refractivity contribution in [2.75, 3.05) is 13.2 Å². The van der Waals surface area contributed by atoms with Crippen LogP contribution in [0.1, 0.15) is 17.1 Å². The number of hydrogen-bond acceptors (Lipinski definition) is 3. The highest BCUT2D eigenvalue weighted by atomic mass is 16.3. The van der Waals surface area contributed by atoms with Gasteiger partial charge in [-0.15, -0.1) is 0 Å². The third-order valence-corrected chi connectivity index (χ3v) is 4.08. The number of rotatable bonds is 7. The summed E-state index contributed by atoms with van der Waals surface area (Å²) in [6, 6.07) is 20.6. The Kier molecular flexibility index (Phi) is 5.41. The van der Waals surface area contributed by atoms with E-state index in [-0.39, 0.29) is 6.61 Å². The topological polar surface area (TPSA) is 41.3 Å². The van der Waals surface area contributed by atoms with Crippen molar-refractivity contribution in [2.45, 2.75) is 20.0 Å². The zero-order chi connectivity index (χ0) is 16.8. The minimum absolute atomic E-state index is 0.144. The number of aliphatic hydroxyl groups excluding tert-OH is 1. The van der Waals surface area contributed by atoms with Crippen molar-refractivity contribution >= 4 is 0 Å². The predicted molar refractivity (Wildman–Crippen MR) is 95.9 cm³/mol. The number of para-hydroxylation sites is 1. The third-order valence-electron chi connectivity index (χ3n) is 4.08. The number of aromatic nitrogens is 2. The van der Waals surface area contributed by atoms with E-state index in [1.165, 1.54) is 5.56 Å². The van der Waals surface area contributed by atoms with Crippen molar-refractivity contribution in [3.63, 3.8) is 0 Å². The molecule has 3 rings (SSSR count). The Morgan fingerprint density at radius 3 is 2.29 bits per heavy atom. The van der Waals surface area contributed by atoms with Crippen LogP contribution in [0, 0.1) is 6.92 Å². The summed E-state index contributed by atoms with van der Waals surface area (Å²) < 4.78 is 2.18. The minimum atomic E-state index is 0.144. The molecule has 3 aromatic rings. The minimum Gasteiger partial charge on any atom is -0.395 e. The average molecular weight is 321 g/mol. The van der Waals surface area contributed by atoms with Crippen molar-refractivity contribution in [3.8, 4) is 5.69 Å². The number of nitrogens with zero attached hydrogens (tertiary/aromatic N) is 3. The van der Waals surface area contributed by atoms with Gasteiger partial charge in [0, 0.05) is 25.3 Å². The van der Waals surface area contributed by atoms with Gasteiger partial charge in [-0.25, -0.2) is 4.98 Å². The molecule has 0 saturated heterocycles. The van der Waals surface area contributed by atoms with Gasteiger partial charge in [0.2, 0.25) is 0 Å². The summed E-state index contributed by atoms with van der Waals surface area (Å²) in [4.78, 5) is 6.73. The van der Waals surface area contributed by atoms with Gasteiger partial charge in [0.25, 0.3) is 0 Å². The standard InChI is InChI=1S/C20H23N3O/c1-17-21-14-20(23(17)19-10-6-3-7-11-19)16-22(12-13-24)15-18-8-4-2-5-9-18/h2-11,14,24H,12-13,15-16H2,1H3. The molecule has 4 nitrogen and oxygen atoms in total. The lowest BCUT2D eigenvalue weighted by Gasteiger charge is -2.22. The molecule has 2 aromatic carbocycles. The summed E-state index contributed by atoms with van der Waals surface area (Å²) >= 11 is 0. The first kappa shape index (κ1) is 16.4. The molecule has 0 spiro atoms. The lowest BCUT2D eigenvalue weighted by Crippen LogP contribution is -2.27. The van der Waals surface area contributed by atoms with Crippen LogP contribution in [0.15, 0.2) is 66.9 Å². The molecule has 1 heterocycles. The highest BCUT2D eigenvalue weighted by molar-refractivity contribution is 5.35. The van der Waals surface area contributed by atoms with E-state index >= 15 is 0 Å². The molecule has 4 heteroatoms. The van der Waals surface area contributed by atoms with Crippen molar-refractivity contribution in [1.29, 1.82) is 0 Å². The fraction of sp³-hybridized carbons (Fsp3) is 0.250. The van der Waals surface area contributed by atoms with Gasteiger partial charge in [0.1, 0.15) is 5.82 Å². The lowest BCUT2D eigenvalue weighted by atomic mass is 10.2. The predicted octanol–water partition coefficient (Wildman–Crippen LogP) is 3.18. The molecule has 124 valence electrons. The molecule has 0 atom stereocenters. The van der Waals surface area contributed by atoms with E-state index in [1.807, 2.05) is 49.5 Å². The fourth-order valence-electron chi connectivity index (χ4n) is 2.96. The highest BCUT2D eigenvalue weighted by Gasteiger charge is 2.13. The van der Waals surface area contributed by atoms with E-state index in [2.05, 4.69) is 38.7 Å². The third kappa shape index (κ3) is 3.91. The van der Waals surface area contributed by atoms with E-state index in [9.17, 15) is 5.11 Å². The smallest absolute Gasteiger partial charge is 0.110 e. The van der Waals surface area contributed by atoms with Crippen LogP contribution in [-0.4, -0.2) is 32.7 Å². The van der Waals surface area contributed by atoms with E-state index in [0.29, 0.717) is 6.54 Å². The van der Waals surface area contributed by atoms with Gasteiger partial charge in [0.05, 0.1) is 18.5 Å². The van der Waals surface area contributed by atoms with Crippen LogP contribution in [0.3, 0.4) is 0 Å². The van der Waals surface area contributed by atoms with Crippen LogP contribution in [0.5, 0.6) is 0 Å². The van der Waals surface area contributed by atoms with Gasteiger partial charge in [-0.1, -0.05) is 48.5 Å². The molecule has 0 aliphatic rings. The summed E-state index contributed by atoms with van der Waals surface area (Å²) in [7, 11) is 0. The molecule has 0 unspecified atom stereocenters. The molecule has 0 saturated carbocycles. The van der Waals surface area contributed by atoms with Crippen LogP contribution < -0.4 is 0 Å². The summed E-state index contributed by atoms with van der Waals surface area (Å²) in [5.41, 5.74) is 3.49. The normalized spacial score (nSPS) is 11.1. The van der Waals surface area contributed by atoms with Gasteiger partial charge in [-0.3, -0.25) is 9.47 Å². The Morgan fingerprint density at radius 1 is 0.958 bits per heavy atom. The van der Waals surface area contributed by atoms with E-state index < -0.39 is 0 Å². The number of imidazole rings is 1. The molecule has 1 N–H and O–H groups in total. The number of aliphatic hydroxyl groups is 1. The molecular weight excluding hydrogens is 298 g/mol.